The van der Waals surface area contributed by atoms with Gasteiger partial charge in [-0.3, -0.25) is 9.59 Å². The van der Waals surface area contributed by atoms with Gasteiger partial charge < -0.3 is 59.9 Å². The van der Waals surface area contributed by atoms with E-state index >= 15 is 0 Å². The zero-order chi connectivity index (χ0) is 63.7. The molecule has 4 amide bonds. The molecule has 4 aromatic rings. The summed E-state index contributed by atoms with van der Waals surface area (Å²) in [5.74, 6) is -1.26. The van der Waals surface area contributed by atoms with Gasteiger partial charge in [0.15, 0.2) is 11.2 Å². The predicted molar refractivity (Wildman–Crippen MR) is 345 cm³/mol. The first-order valence-electron chi connectivity index (χ1n) is 28.9. The lowest BCUT2D eigenvalue weighted by molar-refractivity contribution is -0.192. The maximum absolute atomic E-state index is 13.0. The number of amides is 4. The normalized spacial score (nSPS) is 11.6. The van der Waals surface area contributed by atoms with Gasteiger partial charge in [-0.25, -0.2) is 19.2 Å². The average molecular weight is 1260 g/mol. The highest BCUT2D eigenvalue weighted by Gasteiger charge is 2.38. The van der Waals surface area contributed by atoms with Crippen molar-refractivity contribution < 1.29 is 59.9 Å². The minimum Gasteiger partial charge on any atom is -0.476 e. The minimum absolute atomic E-state index is 0. The molecule has 0 heterocycles. The van der Waals surface area contributed by atoms with E-state index in [0.29, 0.717) is 85.1 Å². The van der Waals surface area contributed by atoms with Crippen molar-refractivity contribution in [2.45, 2.75) is 168 Å². The summed E-state index contributed by atoms with van der Waals surface area (Å²) < 4.78 is 46.1. The highest BCUT2D eigenvalue weighted by molar-refractivity contribution is 6.31. The first kappa shape index (κ1) is 78.7. The third-order valence-electron chi connectivity index (χ3n) is 11.8. The van der Waals surface area contributed by atoms with Gasteiger partial charge in [-0.1, -0.05) is 111 Å². The molecule has 0 aliphatic heterocycles. The van der Waals surface area contributed by atoms with Crippen LogP contribution in [0.5, 0.6) is 11.5 Å². The number of nitrogens with two attached hydrogens (primary N) is 1. The lowest BCUT2D eigenvalue weighted by atomic mass is 10.1. The van der Waals surface area contributed by atoms with Crippen molar-refractivity contribution in [3.63, 3.8) is 0 Å². The molecule has 85 heavy (non-hydrogen) atoms. The summed E-state index contributed by atoms with van der Waals surface area (Å²) in [6.45, 7) is 26.0. The first-order chi connectivity index (χ1) is 39.6. The molecule has 0 saturated carbocycles. The molecule has 2 atom stereocenters. The lowest BCUT2D eigenvalue weighted by Gasteiger charge is -2.31. The SMILES string of the molecule is C.C.CC(C)C(OC(=O)N(CCN)C(C)C)OC(=O)C(C)(C)Oc1ccc(CCNC(=O)c2ccc(Cl)cc2)cc1.CNCCN(C(=O)OC(OC(=O)C(C)(C)Oc1ccc(CCNC(=O)c2ccc(Cl)cc2)cc1)C(C)C)C(C)C.Cl.[2H]CC.[3H]C. The van der Waals surface area contributed by atoms with Crippen LogP contribution < -0.4 is 31.2 Å². The topological polar surface area (TPSA) is 226 Å². The predicted octanol–water partition coefficient (Wildman–Crippen LogP) is 13.2. The number of rotatable bonds is 27. The molecule has 5 N–H and O–H groups in total. The molecule has 0 bridgehead atoms. The summed E-state index contributed by atoms with van der Waals surface area (Å²) in [5, 5.41) is 9.92. The van der Waals surface area contributed by atoms with Crippen molar-refractivity contribution in [3.05, 3.63) is 129 Å². The fourth-order valence-electron chi connectivity index (χ4n) is 7.08. The van der Waals surface area contributed by atoms with Crippen molar-refractivity contribution in [1.29, 1.82) is 0 Å². The molecular formula is C64H101Cl3N6O12. The molecule has 2 unspecified atom stereocenters. The Balaban J connectivity index is -0.00000146. The summed E-state index contributed by atoms with van der Waals surface area (Å²) in [7, 11) is 3.06. The number of likely N-dealkylation sites (N-methyl/N-ethyl adjacent to an activating group) is 1. The van der Waals surface area contributed by atoms with E-state index in [1.807, 2.05) is 72.9 Å². The third-order valence-corrected chi connectivity index (χ3v) is 12.3. The lowest BCUT2D eigenvalue weighted by Crippen LogP contribution is -2.46. The smallest absolute Gasteiger partial charge is 0.413 e. The zero-order valence-electron chi connectivity index (χ0n) is 53.1. The van der Waals surface area contributed by atoms with Gasteiger partial charge >= 0.3 is 24.1 Å². The van der Waals surface area contributed by atoms with Crippen molar-refractivity contribution >= 4 is 71.5 Å². The van der Waals surface area contributed by atoms with E-state index in [1.54, 1.807) is 126 Å². The van der Waals surface area contributed by atoms with Gasteiger partial charge in [0.2, 0.25) is 0 Å². The number of hydrogen-bond acceptors (Lipinski definition) is 14. The number of carbonyl (C=O) groups excluding carboxylic acids is 6. The Kier molecular flexibility index (Phi) is 38.6. The molecule has 0 saturated heterocycles. The minimum atomic E-state index is -1.34. The Morgan fingerprint density at radius 3 is 1.16 bits per heavy atom. The Bertz CT molecular complexity index is 2580. The van der Waals surface area contributed by atoms with E-state index in [9.17, 15) is 28.8 Å². The van der Waals surface area contributed by atoms with Crippen LogP contribution in [0.2, 0.25) is 10.0 Å². The number of halogens is 3. The average Bonchev–Trinajstić information content (AvgIpc) is 3.59. The second-order valence-corrected chi connectivity index (χ2v) is 21.7. The molecule has 4 aromatic carbocycles. The maximum atomic E-state index is 13.0. The van der Waals surface area contributed by atoms with Gasteiger partial charge in [0.1, 0.15) is 11.5 Å². The van der Waals surface area contributed by atoms with E-state index in [4.69, 9.17) is 60.1 Å². The standard InChI is InChI=1S/C30H42ClN3O6.C29H40ClN3O6.C2H6.3CH4.ClH/c1-20(2)27(39-29(37)34(21(3)4)19-18-32-7)38-28(36)30(5,6)40-25-14-8-22(9-15-25)16-17-33-26(35)23-10-12-24(31)13-11-23;1-19(2)26(38-28(36)33(18-16-31)20(3)4)37-27(35)29(5,6)39-24-13-7-21(8-14-24)15-17-32-25(34)22-9-11-23(30)12-10-22;1-2;;;;/h8-15,20-21,27,32H,16-19H2,1-7H3,(H,33,35);7-14,19-20,26H,15-18,31H2,1-6H3,(H,32,34);1-2H3;3*1H4;1H/i;;1D;1T;;;. The molecule has 18 nitrogen and oxygen atoms in total. The molecular weight excluding hydrogens is 1150 g/mol. The largest absolute Gasteiger partial charge is 0.476 e. The number of nitrogens with one attached hydrogen (secondary N) is 3. The molecule has 0 radical (unpaired) electrons. The van der Waals surface area contributed by atoms with Crippen molar-refractivity contribution in [2.75, 3.05) is 46.3 Å². The quantitative estimate of drug-likeness (QED) is 0.0322. The number of benzene rings is 4. The Labute approximate surface area is 527 Å². The van der Waals surface area contributed by atoms with Crippen LogP contribution in [0.4, 0.5) is 9.59 Å². The van der Waals surface area contributed by atoms with Crippen LogP contribution in [0.15, 0.2) is 97.1 Å². The summed E-state index contributed by atoms with van der Waals surface area (Å²) in [5.41, 5.74) is 5.99. The Morgan fingerprint density at radius 1 is 0.565 bits per heavy atom. The highest BCUT2D eigenvalue weighted by Crippen LogP contribution is 2.25. The van der Waals surface area contributed by atoms with Crippen molar-refractivity contribution in [1.82, 2.24) is 25.8 Å². The van der Waals surface area contributed by atoms with Crippen LogP contribution in [0.1, 0.15) is 154 Å². The fourth-order valence-corrected chi connectivity index (χ4v) is 7.33. The molecule has 0 aliphatic carbocycles. The van der Waals surface area contributed by atoms with Crippen LogP contribution in [0.3, 0.4) is 0 Å². The number of esters is 2. The summed E-state index contributed by atoms with van der Waals surface area (Å²) in [4.78, 5) is 79.0. The van der Waals surface area contributed by atoms with E-state index in [0.717, 1.165) is 11.1 Å². The van der Waals surface area contributed by atoms with Gasteiger partial charge in [0.25, 0.3) is 24.4 Å². The number of carbonyl (C=O) groups is 6. The Hall–Kier alpha value is -6.31. The van der Waals surface area contributed by atoms with Gasteiger partial charge in [-0.05, 0) is 159 Å². The first-order valence-corrected chi connectivity index (χ1v) is 28.0. The molecule has 480 valence electrons. The van der Waals surface area contributed by atoms with Crippen molar-refractivity contribution in [2.24, 2.45) is 17.6 Å². The number of hydrogen-bond donors (Lipinski definition) is 4. The highest BCUT2D eigenvalue weighted by atomic mass is 35.5. The van der Waals surface area contributed by atoms with Crippen molar-refractivity contribution in [3.8, 4) is 11.5 Å². The van der Waals surface area contributed by atoms with E-state index < -0.39 is 47.9 Å². The van der Waals surface area contributed by atoms with E-state index in [-0.39, 0.29) is 69.5 Å². The second-order valence-electron chi connectivity index (χ2n) is 20.8. The summed E-state index contributed by atoms with van der Waals surface area (Å²) in [6, 6.07) is 27.7. The number of nitrogens with zero attached hydrogens (tertiary/aromatic N) is 2. The molecule has 0 spiro atoms. The van der Waals surface area contributed by atoms with Gasteiger partial charge in [-0.2, -0.15) is 0 Å². The van der Waals surface area contributed by atoms with Gasteiger partial charge in [0.05, 0.1) is 0 Å². The summed E-state index contributed by atoms with van der Waals surface area (Å²) in [6.07, 6.45) is -2.06. The van der Waals surface area contributed by atoms with Crippen LogP contribution in [0, 0.1) is 11.8 Å². The van der Waals surface area contributed by atoms with Gasteiger partial charge in [-0.15, -0.1) is 12.4 Å². The molecule has 0 fully saturated rings. The zero-order valence-corrected chi connectivity index (χ0v) is 53.4. The Morgan fingerprint density at radius 2 is 0.882 bits per heavy atom. The van der Waals surface area contributed by atoms with E-state index in [1.165, 1.54) is 12.3 Å². The second kappa shape index (κ2) is 41.7. The molecule has 0 aliphatic rings. The monoisotopic (exact) mass is 1250 g/mol. The molecule has 21 heteroatoms. The van der Waals surface area contributed by atoms with Gasteiger partial charge in [0, 0.05) is 87.1 Å². The van der Waals surface area contributed by atoms with Crippen LogP contribution >= 0.6 is 35.6 Å². The van der Waals surface area contributed by atoms with Crippen LogP contribution in [-0.4, -0.2) is 128 Å². The molecule has 0 aromatic heterocycles. The van der Waals surface area contributed by atoms with Crippen LogP contribution in [-0.2, 0) is 41.4 Å². The molecule has 4 rings (SSSR count). The maximum Gasteiger partial charge on any atom is 0.413 e. The van der Waals surface area contributed by atoms with Crippen LogP contribution in [0.25, 0.3) is 0 Å². The summed E-state index contributed by atoms with van der Waals surface area (Å²) >= 11 is 11.7. The number of ether oxygens (including phenoxy) is 6. The third kappa shape index (κ3) is 29.6. The fraction of sp³-hybridized carbons (Fsp3) is 0.531. The van der Waals surface area contributed by atoms with E-state index in [2.05, 4.69) is 16.0 Å².